The molecule has 106 valence electrons. The van der Waals surface area contributed by atoms with Gasteiger partial charge in [-0.3, -0.25) is 9.78 Å². The minimum Gasteiger partial charge on any atom is -0.340 e. The zero-order valence-electron chi connectivity index (χ0n) is 12.2. The van der Waals surface area contributed by atoms with Gasteiger partial charge >= 0.3 is 0 Å². The number of rotatable bonds is 5. The van der Waals surface area contributed by atoms with E-state index in [0.717, 1.165) is 17.1 Å². The third-order valence-corrected chi connectivity index (χ3v) is 3.42. The minimum atomic E-state index is 0.114. The lowest BCUT2D eigenvalue weighted by Gasteiger charge is -2.18. The van der Waals surface area contributed by atoms with Crippen molar-refractivity contribution in [1.29, 1.82) is 0 Å². The van der Waals surface area contributed by atoms with E-state index in [1.165, 1.54) is 0 Å². The fourth-order valence-corrected chi connectivity index (χ4v) is 2.04. The van der Waals surface area contributed by atoms with E-state index in [2.05, 4.69) is 9.97 Å². The van der Waals surface area contributed by atoms with Gasteiger partial charge in [-0.15, -0.1) is 0 Å². The molecule has 0 atom stereocenters. The van der Waals surface area contributed by atoms with E-state index in [-0.39, 0.29) is 5.91 Å². The Morgan fingerprint density at radius 2 is 2.10 bits per heavy atom. The Hall–Kier alpha value is -2.17. The van der Waals surface area contributed by atoms with Crippen LogP contribution in [-0.2, 0) is 17.9 Å². The van der Waals surface area contributed by atoms with Crippen molar-refractivity contribution in [1.82, 2.24) is 19.4 Å². The van der Waals surface area contributed by atoms with E-state index in [4.69, 9.17) is 0 Å². The van der Waals surface area contributed by atoms with Gasteiger partial charge in [-0.05, 0) is 25.5 Å². The number of aromatic nitrogens is 3. The Morgan fingerprint density at radius 3 is 2.75 bits per heavy atom. The van der Waals surface area contributed by atoms with Crippen LogP contribution >= 0.6 is 0 Å². The number of pyridine rings is 1. The summed E-state index contributed by atoms with van der Waals surface area (Å²) in [5.41, 5.74) is 2.06. The number of nitrogens with zero attached hydrogens (tertiary/aromatic N) is 4. The number of hydrogen-bond donors (Lipinski definition) is 0. The van der Waals surface area contributed by atoms with E-state index in [0.29, 0.717) is 19.5 Å². The lowest BCUT2D eigenvalue weighted by atomic mass is 10.2. The largest absolute Gasteiger partial charge is 0.340 e. The lowest BCUT2D eigenvalue weighted by molar-refractivity contribution is -0.130. The molecule has 0 saturated heterocycles. The first-order valence-corrected chi connectivity index (χ1v) is 6.70. The molecule has 0 aliphatic rings. The van der Waals surface area contributed by atoms with Crippen molar-refractivity contribution in [2.75, 3.05) is 7.05 Å². The van der Waals surface area contributed by atoms with Crippen LogP contribution in [0.15, 0.2) is 30.7 Å². The average molecular weight is 272 g/mol. The highest BCUT2D eigenvalue weighted by atomic mass is 16.2. The van der Waals surface area contributed by atoms with Gasteiger partial charge in [0.25, 0.3) is 0 Å². The third kappa shape index (κ3) is 3.44. The first kappa shape index (κ1) is 14.2. The van der Waals surface area contributed by atoms with Crippen molar-refractivity contribution < 1.29 is 4.79 Å². The van der Waals surface area contributed by atoms with E-state index in [9.17, 15) is 4.79 Å². The Labute approximate surface area is 119 Å². The van der Waals surface area contributed by atoms with Crippen molar-refractivity contribution in [3.05, 3.63) is 47.8 Å². The van der Waals surface area contributed by atoms with Gasteiger partial charge < -0.3 is 9.47 Å². The maximum absolute atomic E-state index is 12.1. The Kier molecular flexibility index (Phi) is 4.50. The molecule has 0 unspecified atom stereocenters. The molecule has 2 heterocycles. The van der Waals surface area contributed by atoms with E-state index < -0.39 is 0 Å². The number of hydrogen-bond acceptors (Lipinski definition) is 3. The van der Waals surface area contributed by atoms with Gasteiger partial charge in [-0.25, -0.2) is 4.98 Å². The molecule has 0 aliphatic carbocycles. The quantitative estimate of drug-likeness (QED) is 0.836. The fraction of sp³-hybridized carbons (Fsp3) is 0.400. The zero-order valence-corrected chi connectivity index (χ0v) is 12.2. The first-order chi connectivity index (χ1) is 9.58. The summed E-state index contributed by atoms with van der Waals surface area (Å²) in [6, 6.07) is 3.91. The fourth-order valence-electron chi connectivity index (χ4n) is 2.04. The topological polar surface area (TPSA) is 51.0 Å². The molecule has 2 rings (SSSR count). The van der Waals surface area contributed by atoms with E-state index in [1.54, 1.807) is 17.3 Å². The molecular weight excluding hydrogens is 252 g/mol. The summed E-state index contributed by atoms with van der Waals surface area (Å²) in [6.45, 7) is 5.16. The molecule has 0 bridgehead atoms. The zero-order chi connectivity index (χ0) is 14.5. The third-order valence-electron chi connectivity index (χ3n) is 3.42. The van der Waals surface area contributed by atoms with Gasteiger partial charge in [-0.1, -0.05) is 6.07 Å². The normalized spacial score (nSPS) is 10.6. The number of carbonyl (C=O) groups excluding carboxylic acids is 1. The van der Waals surface area contributed by atoms with Crippen LogP contribution in [0.25, 0.3) is 0 Å². The highest BCUT2D eigenvalue weighted by Gasteiger charge is 2.11. The van der Waals surface area contributed by atoms with Gasteiger partial charge in [0.15, 0.2) is 0 Å². The summed E-state index contributed by atoms with van der Waals surface area (Å²) >= 11 is 0. The second kappa shape index (κ2) is 6.32. The van der Waals surface area contributed by atoms with Crippen molar-refractivity contribution in [2.45, 2.75) is 33.4 Å². The van der Waals surface area contributed by atoms with Crippen molar-refractivity contribution in [3.63, 3.8) is 0 Å². The van der Waals surface area contributed by atoms with E-state index in [1.807, 2.05) is 43.8 Å². The minimum absolute atomic E-state index is 0.114. The molecule has 0 fully saturated rings. The van der Waals surface area contributed by atoms with Crippen LogP contribution in [0.2, 0.25) is 0 Å². The first-order valence-electron chi connectivity index (χ1n) is 6.70. The van der Waals surface area contributed by atoms with Crippen LogP contribution in [0.5, 0.6) is 0 Å². The predicted octanol–water partition coefficient (Wildman–Crippen LogP) is 1.94. The van der Waals surface area contributed by atoms with Crippen LogP contribution in [0.1, 0.15) is 23.5 Å². The van der Waals surface area contributed by atoms with Crippen LogP contribution in [0, 0.1) is 13.8 Å². The molecule has 0 spiro atoms. The Morgan fingerprint density at radius 1 is 1.30 bits per heavy atom. The summed E-state index contributed by atoms with van der Waals surface area (Å²) < 4.78 is 1.98. The molecule has 2 aromatic rings. The standard InChI is InChI=1S/C15H20N4O/c1-12-5-4-7-17-14(12)11-18(3)15(20)6-9-19-10-8-16-13(19)2/h4-5,7-8,10H,6,9,11H2,1-3H3. The molecule has 20 heavy (non-hydrogen) atoms. The number of carbonyl (C=O) groups is 1. The van der Waals surface area contributed by atoms with Gasteiger partial charge in [0.2, 0.25) is 5.91 Å². The van der Waals surface area contributed by atoms with Crippen LogP contribution in [0.4, 0.5) is 0 Å². The van der Waals surface area contributed by atoms with E-state index >= 15 is 0 Å². The second-order valence-corrected chi connectivity index (χ2v) is 4.93. The summed E-state index contributed by atoms with van der Waals surface area (Å²) in [5, 5.41) is 0. The van der Waals surface area contributed by atoms with Crippen LogP contribution in [0.3, 0.4) is 0 Å². The van der Waals surface area contributed by atoms with Crippen molar-refractivity contribution in [2.24, 2.45) is 0 Å². The lowest BCUT2D eigenvalue weighted by Crippen LogP contribution is -2.27. The summed E-state index contributed by atoms with van der Waals surface area (Å²) in [4.78, 5) is 22.3. The van der Waals surface area contributed by atoms with Crippen LogP contribution < -0.4 is 0 Å². The highest BCUT2D eigenvalue weighted by Crippen LogP contribution is 2.07. The van der Waals surface area contributed by atoms with Gasteiger partial charge in [-0.2, -0.15) is 0 Å². The van der Waals surface area contributed by atoms with Crippen molar-refractivity contribution >= 4 is 5.91 Å². The number of aryl methyl sites for hydroxylation is 3. The second-order valence-electron chi connectivity index (χ2n) is 4.93. The molecule has 0 radical (unpaired) electrons. The maximum atomic E-state index is 12.1. The molecule has 5 heteroatoms. The molecule has 0 saturated carbocycles. The summed E-state index contributed by atoms with van der Waals surface area (Å²) in [7, 11) is 1.82. The van der Waals surface area contributed by atoms with Gasteiger partial charge in [0.1, 0.15) is 5.82 Å². The highest BCUT2D eigenvalue weighted by molar-refractivity contribution is 5.75. The smallest absolute Gasteiger partial charge is 0.224 e. The summed E-state index contributed by atoms with van der Waals surface area (Å²) in [6.07, 6.45) is 5.88. The monoisotopic (exact) mass is 272 g/mol. The summed E-state index contributed by atoms with van der Waals surface area (Å²) in [5.74, 6) is 1.05. The maximum Gasteiger partial charge on any atom is 0.224 e. The predicted molar refractivity (Wildman–Crippen MR) is 77.0 cm³/mol. The molecule has 1 amide bonds. The number of amides is 1. The molecule has 2 aromatic heterocycles. The van der Waals surface area contributed by atoms with Crippen LogP contribution in [-0.4, -0.2) is 32.4 Å². The van der Waals surface area contributed by atoms with Gasteiger partial charge in [0.05, 0.1) is 12.2 Å². The Bertz CT molecular complexity index is 591. The number of imidazole rings is 1. The molecule has 0 aliphatic heterocycles. The van der Waals surface area contributed by atoms with Gasteiger partial charge in [0, 0.05) is 38.6 Å². The van der Waals surface area contributed by atoms with Crippen molar-refractivity contribution in [3.8, 4) is 0 Å². The molecule has 0 N–H and O–H groups in total. The molecule has 0 aromatic carbocycles. The average Bonchev–Trinajstić information content (AvgIpc) is 2.84. The molecule has 5 nitrogen and oxygen atoms in total. The molecular formula is C15H20N4O. The Balaban J connectivity index is 1.89. The SMILES string of the molecule is Cc1cccnc1CN(C)C(=O)CCn1ccnc1C.